The number of hydrogen-bond donors (Lipinski definition) is 2. The summed E-state index contributed by atoms with van der Waals surface area (Å²) in [5.74, 6) is 1.18. The fourth-order valence-electron chi connectivity index (χ4n) is 9.27. The van der Waals surface area contributed by atoms with Crippen LogP contribution in [0.25, 0.3) is 0 Å². The summed E-state index contributed by atoms with van der Waals surface area (Å²) >= 11 is 0. The van der Waals surface area contributed by atoms with Crippen LogP contribution in [0.1, 0.15) is 51.5 Å². The van der Waals surface area contributed by atoms with Crippen LogP contribution in [0.15, 0.2) is 24.3 Å². The van der Waals surface area contributed by atoms with E-state index < -0.39 is 0 Å². The van der Waals surface area contributed by atoms with Gasteiger partial charge in [-0.3, -0.25) is 4.48 Å². The number of piperidine rings is 4. The Bertz CT molecular complexity index is 814. The monoisotopic (exact) mass is 383 g/mol. The van der Waals surface area contributed by atoms with E-state index in [1.807, 2.05) is 0 Å². The number of aliphatic hydroxyl groups excluding tert-OH is 2. The molecular formula is C24H35N2O2+. The van der Waals surface area contributed by atoms with Gasteiger partial charge in [0, 0.05) is 37.4 Å². The van der Waals surface area contributed by atoms with Gasteiger partial charge < -0.3 is 15.1 Å². The van der Waals surface area contributed by atoms with Crippen LogP contribution in [0, 0.1) is 17.8 Å². The fourth-order valence-corrected chi connectivity index (χ4v) is 9.27. The highest BCUT2D eigenvalue weighted by Gasteiger charge is 2.82. The van der Waals surface area contributed by atoms with Crippen LogP contribution in [-0.4, -0.2) is 58.7 Å². The van der Waals surface area contributed by atoms with E-state index in [9.17, 15) is 10.2 Å². The lowest BCUT2D eigenvalue weighted by atomic mass is 9.60. The van der Waals surface area contributed by atoms with E-state index >= 15 is 0 Å². The Hall–Kier alpha value is -1.10. The minimum absolute atomic E-state index is 0.129. The molecule has 0 aromatic heterocycles. The summed E-state index contributed by atoms with van der Waals surface area (Å²) in [5, 5.41) is 23.7. The van der Waals surface area contributed by atoms with Gasteiger partial charge in [0.05, 0.1) is 30.1 Å². The maximum absolute atomic E-state index is 12.0. The number of hydrogen-bond acceptors (Lipinski definition) is 3. The number of unbranched alkanes of at least 4 members (excludes halogenated alkanes) is 1. The van der Waals surface area contributed by atoms with Crippen molar-refractivity contribution >= 4 is 5.69 Å². The standard InChI is InChI=1S/C24H35N2O2/c1-4-6-11-26-18-12-15(14(5-2)23(26)28)20-19(26)13-24(22(20)27)16-9-7-8-10-17(16)25(3)21(18)24/h7-10,14-15,18-23,27-28H,4-6,11-13H2,1-3H3/q+1/t14?,15-,18?,19-,20?,21?,22?,23+,24?,26?/m0/s1. The summed E-state index contributed by atoms with van der Waals surface area (Å²) in [7, 11) is 2.24. The molecule has 1 aliphatic carbocycles. The first-order chi connectivity index (χ1) is 13.5. The van der Waals surface area contributed by atoms with Crippen molar-refractivity contribution < 1.29 is 14.7 Å². The molecule has 4 nitrogen and oxygen atoms in total. The van der Waals surface area contributed by atoms with Crippen LogP contribution >= 0.6 is 0 Å². The van der Waals surface area contributed by atoms with Gasteiger partial charge >= 0.3 is 0 Å². The molecule has 152 valence electrons. The molecule has 4 heteroatoms. The molecule has 28 heavy (non-hydrogen) atoms. The quantitative estimate of drug-likeness (QED) is 0.786. The minimum Gasteiger partial charge on any atom is -0.392 e. The molecule has 5 aliphatic heterocycles. The van der Waals surface area contributed by atoms with Crippen LogP contribution < -0.4 is 4.90 Å². The van der Waals surface area contributed by atoms with Crippen molar-refractivity contribution in [3.05, 3.63) is 29.8 Å². The summed E-state index contributed by atoms with van der Waals surface area (Å²) in [6, 6.07) is 10.00. The van der Waals surface area contributed by atoms with Crippen molar-refractivity contribution in [2.24, 2.45) is 17.8 Å². The lowest BCUT2D eigenvalue weighted by Gasteiger charge is -2.68. The Morgan fingerprint density at radius 1 is 1.18 bits per heavy atom. The Balaban J connectivity index is 1.59. The summed E-state index contributed by atoms with van der Waals surface area (Å²) in [5.41, 5.74) is 2.56. The van der Waals surface area contributed by atoms with Crippen molar-refractivity contribution in [2.75, 3.05) is 18.5 Å². The maximum atomic E-state index is 12.0. The fraction of sp³-hybridized carbons (Fsp3) is 0.750. The van der Waals surface area contributed by atoms with Crippen molar-refractivity contribution in [3.63, 3.8) is 0 Å². The van der Waals surface area contributed by atoms with Crippen molar-refractivity contribution in [3.8, 4) is 0 Å². The number of fused-ring (bicyclic) bond motifs is 2. The molecule has 2 N–H and O–H groups in total. The highest BCUT2D eigenvalue weighted by atomic mass is 16.3. The van der Waals surface area contributed by atoms with Crippen LogP contribution in [0.2, 0.25) is 0 Å². The molecule has 5 bridgehead atoms. The zero-order valence-corrected chi connectivity index (χ0v) is 17.5. The molecule has 7 rings (SSSR count). The number of likely N-dealkylation sites (N-methyl/N-ethyl adjacent to an activating group) is 1. The number of anilines is 1. The third-order valence-corrected chi connectivity index (χ3v) is 10.0. The van der Waals surface area contributed by atoms with E-state index in [1.165, 1.54) is 30.5 Å². The van der Waals surface area contributed by atoms with E-state index in [-0.39, 0.29) is 17.7 Å². The van der Waals surface area contributed by atoms with Gasteiger partial charge in [-0.1, -0.05) is 38.5 Å². The van der Waals surface area contributed by atoms with Crippen LogP contribution in [0.5, 0.6) is 0 Å². The lowest BCUT2D eigenvalue weighted by Crippen LogP contribution is -2.83. The van der Waals surface area contributed by atoms with Gasteiger partial charge in [-0.2, -0.15) is 0 Å². The third-order valence-electron chi connectivity index (χ3n) is 10.0. The molecule has 7 unspecified atom stereocenters. The van der Waals surface area contributed by atoms with Gasteiger partial charge in [-0.25, -0.2) is 0 Å². The highest BCUT2D eigenvalue weighted by Crippen LogP contribution is 2.71. The molecule has 1 aromatic carbocycles. The smallest absolute Gasteiger partial charge is 0.194 e. The molecular weight excluding hydrogens is 348 g/mol. The van der Waals surface area contributed by atoms with E-state index in [0.717, 1.165) is 23.9 Å². The van der Waals surface area contributed by atoms with Crippen LogP contribution in [0.3, 0.4) is 0 Å². The largest absolute Gasteiger partial charge is 0.392 e. The molecule has 4 saturated heterocycles. The Kier molecular flexibility index (Phi) is 3.50. The molecule has 0 radical (unpaired) electrons. The zero-order chi connectivity index (χ0) is 19.4. The Morgan fingerprint density at radius 3 is 2.71 bits per heavy atom. The first-order valence-electron chi connectivity index (χ1n) is 11.6. The average Bonchev–Trinajstić information content (AvgIpc) is 3.09. The van der Waals surface area contributed by atoms with Gasteiger partial charge in [0.25, 0.3) is 0 Å². The van der Waals surface area contributed by atoms with Gasteiger partial charge in [-0.15, -0.1) is 0 Å². The SMILES string of the molecule is CCCC[N+]12C3C[C@@H](C(CC)[C@H]1O)C1C(O)C4(C[C@@H]12)c1ccccc1N(C)C34. The first kappa shape index (κ1) is 17.7. The Labute approximate surface area is 168 Å². The number of para-hydroxylation sites is 1. The molecule has 10 atom stereocenters. The number of benzene rings is 1. The van der Waals surface area contributed by atoms with Gasteiger partial charge in [0.2, 0.25) is 0 Å². The molecule has 1 spiro atoms. The third kappa shape index (κ3) is 1.61. The lowest BCUT2D eigenvalue weighted by molar-refractivity contribution is -1.04. The van der Waals surface area contributed by atoms with E-state index in [0.29, 0.717) is 35.9 Å². The summed E-state index contributed by atoms with van der Waals surface area (Å²) in [6.45, 7) is 5.59. The number of nitrogens with zero attached hydrogens (tertiary/aromatic N) is 2. The van der Waals surface area contributed by atoms with Crippen molar-refractivity contribution in [1.29, 1.82) is 0 Å². The molecule has 1 saturated carbocycles. The predicted molar refractivity (Wildman–Crippen MR) is 110 cm³/mol. The van der Waals surface area contributed by atoms with E-state index in [2.05, 4.69) is 50.1 Å². The summed E-state index contributed by atoms with van der Waals surface area (Å²) < 4.78 is 0.884. The van der Waals surface area contributed by atoms with Crippen molar-refractivity contribution in [1.82, 2.24) is 0 Å². The number of rotatable bonds is 4. The van der Waals surface area contributed by atoms with Gasteiger partial charge in [0.1, 0.15) is 6.04 Å². The number of aliphatic hydroxyl groups is 2. The topological polar surface area (TPSA) is 43.7 Å². The van der Waals surface area contributed by atoms with Crippen LogP contribution in [-0.2, 0) is 5.41 Å². The maximum Gasteiger partial charge on any atom is 0.194 e. The molecule has 1 aromatic rings. The molecule has 0 amide bonds. The first-order valence-corrected chi connectivity index (χ1v) is 11.6. The summed E-state index contributed by atoms with van der Waals surface area (Å²) in [4.78, 5) is 2.49. The van der Waals surface area contributed by atoms with Crippen molar-refractivity contribution in [2.45, 2.75) is 81.8 Å². The normalized spacial score (nSPS) is 52.2. The minimum atomic E-state index is -0.272. The predicted octanol–water partition coefficient (Wildman–Crippen LogP) is 2.87. The van der Waals surface area contributed by atoms with Gasteiger partial charge in [-0.05, 0) is 30.4 Å². The molecule has 5 fully saturated rings. The Morgan fingerprint density at radius 2 is 1.96 bits per heavy atom. The second-order valence-corrected chi connectivity index (χ2v) is 10.4. The molecule has 5 heterocycles. The summed E-state index contributed by atoms with van der Waals surface area (Å²) in [6.07, 6.45) is 5.09. The van der Waals surface area contributed by atoms with Crippen LogP contribution in [0.4, 0.5) is 5.69 Å². The average molecular weight is 384 g/mol. The molecule has 6 aliphatic rings. The zero-order valence-electron chi connectivity index (χ0n) is 17.5. The second-order valence-electron chi connectivity index (χ2n) is 10.4. The van der Waals surface area contributed by atoms with Gasteiger partial charge in [0.15, 0.2) is 6.23 Å². The van der Waals surface area contributed by atoms with E-state index in [1.54, 1.807) is 0 Å². The number of quaternary nitrogens is 1. The second kappa shape index (κ2) is 5.53. The highest BCUT2D eigenvalue weighted by molar-refractivity contribution is 5.66. The van der Waals surface area contributed by atoms with E-state index in [4.69, 9.17) is 0 Å².